The van der Waals surface area contributed by atoms with E-state index < -0.39 is 5.82 Å². The van der Waals surface area contributed by atoms with E-state index in [2.05, 4.69) is 20.9 Å². The normalized spacial score (nSPS) is 18.0. The quantitative estimate of drug-likeness (QED) is 0.896. The average molecular weight is 338 g/mol. The number of aromatic nitrogens is 3. The van der Waals surface area contributed by atoms with Crippen LogP contribution in [0.15, 0.2) is 18.2 Å². The highest BCUT2D eigenvalue weighted by molar-refractivity contribution is 6.30. The lowest BCUT2D eigenvalue weighted by atomic mass is 10.1. The highest BCUT2D eigenvalue weighted by Gasteiger charge is 2.21. The van der Waals surface area contributed by atoms with Gasteiger partial charge in [0.2, 0.25) is 0 Å². The lowest BCUT2D eigenvalue weighted by molar-refractivity contribution is 0.0925. The number of nitrogens with zero attached hydrogens (tertiary/aromatic N) is 3. The maximum absolute atomic E-state index is 13.3. The first kappa shape index (κ1) is 15.9. The Kier molecular flexibility index (Phi) is 4.58. The number of piperidine rings is 1. The Labute approximate surface area is 138 Å². The van der Waals surface area contributed by atoms with Gasteiger partial charge in [-0.2, -0.15) is 0 Å². The van der Waals surface area contributed by atoms with Gasteiger partial charge in [-0.05, 0) is 44.5 Å². The monoisotopic (exact) mass is 337 g/mol. The predicted octanol–water partition coefficient (Wildman–Crippen LogP) is 1.85. The van der Waals surface area contributed by atoms with Gasteiger partial charge in [0, 0.05) is 12.6 Å². The summed E-state index contributed by atoms with van der Waals surface area (Å²) >= 11 is 5.79. The molecule has 3 rings (SSSR count). The molecule has 1 aromatic heterocycles. The first-order valence-electron chi connectivity index (χ1n) is 7.45. The summed E-state index contributed by atoms with van der Waals surface area (Å²) in [4.78, 5) is 12.4. The molecular weight excluding hydrogens is 321 g/mol. The number of hydrogen-bond donors (Lipinski definition) is 2. The van der Waals surface area contributed by atoms with Crippen molar-refractivity contribution < 1.29 is 9.18 Å². The largest absolute Gasteiger partial charge is 0.347 e. The number of carbonyl (C=O) groups is 1. The molecule has 1 amide bonds. The molecule has 2 heterocycles. The van der Waals surface area contributed by atoms with Crippen LogP contribution in [0.5, 0.6) is 0 Å². The number of nitrogens with one attached hydrogen (secondary N) is 2. The molecule has 1 fully saturated rings. The SMILES string of the molecule is Cc1c(C(=O)N[C@H]2CCCNC2)nnn1-c1ccc(F)c(Cl)c1. The van der Waals surface area contributed by atoms with Gasteiger partial charge >= 0.3 is 0 Å². The van der Waals surface area contributed by atoms with Crippen LogP contribution in [0, 0.1) is 12.7 Å². The van der Waals surface area contributed by atoms with E-state index in [9.17, 15) is 9.18 Å². The summed E-state index contributed by atoms with van der Waals surface area (Å²) in [6.07, 6.45) is 1.98. The molecule has 2 N–H and O–H groups in total. The van der Waals surface area contributed by atoms with Crippen LogP contribution >= 0.6 is 11.6 Å². The highest BCUT2D eigenvalue weighted by Crippen LogP contribution is 2.20. The number of benzene rings is 1. The third-order valence-electron chi connectivity index (χ3n) is 3.89. The van der Waals surface area contributed by atoms with Crippen molar-refractivity contribution >= 4 is 17.5 Å². The molecule has 0 saturated carbocycles. The Morgan fingerprint density at radius 2 is 2.35 bits per heavy atom. The van der Waals surface area contributed by atoms with Crippen LogP contribution in [0.25, 0.3) is 5.69 Å². The van der Waals surface area contributed by atoms with Crippen LogP contribution in [-0.2, 0) is 0 Å². The zero-order valence-electron chi connectivity index (χ0n) is 12.6. The van der Waals surface area contributed by atoms with Crippen LogP contribution in [0.1, 0.15) is 29.0 Å². The Balaban J connectivity index is 1.80. The fraction of sp³-hybridized carbons (Fsp3) is 0.400. The molecule has 8 heteroatoms. The molecule has 1 aromatic carbocycles. The number of carbonyl (C=O) groups excluding carboxylic acids is 1. The van der Waals surface area contributed by atoms with E-state index in [0.717, 1.165) is 25.9 Å². The summed E-state index contributed by atoms with van der Waals surface area (Å²) < 4.78 is 14.7. The van der Waals surface area contributed by atoms with Crippen molar-refractivity contribution in [2.24, 2.45) is 0 Å². The number of hydrogen-bond acceptors (Lipinski definition) is 4. The van der Waals surface area contributed by atoms with Gasteiger partial charge in [-0.1, -0.05) is 16.8 Å². The van der Waals surface area contributed by atoms with Gasteiger partial charge in [0.05, 0.1) is 16.4 Å². The standard InChI is InChI=1S/C15H17ClFN5O/c1-9-14(15(23)19-10-3-2-6-18-8-10)20-21-22(9)11-4-5-13(17)12(16)7-11/h4-5,7,10,18H,2-3,6,8H2,1H3,(H,19,23)/t10-/m0/s1. The topological polar surface area (TPSA) is 71.8 Å². The van der Waals surface area contributed by atoms with Gasteiger partial charge in [0.25, 0.3) is 5.91 Å². The van der Waals surface area contributed by atoms with Crippen molar-refractivity contribution in [2.75, 3.05) is 13.1 Å². The van der Waals surface area contributed by atoms with E-state index in [1.165, 1.54) is 22.9 Å². The fourth-order valence-corrected chi connectivity index (χ4v) is 2.80. The first-order chi connectivity index (χ1) is 11.1. The van der Waals surface area contributed by atoms with Crippen molar-refractivity contribution in [1.29, 1.82) is 0 Å². The first-order valence-corrected chi connectivity index (χ1v) is 7.83. The molecule has 0 bridgehead atoms. The molecule has 122 valence electrons. The lowest BCUT2D eigenvalue weighted by Gasteiger charge is -2.23. The van der Waals surface area contributed by atoms with Gasteiger partial charge in [-0.25, -0.2) is 9.07 Å². The molecule has 1 saturated heterocycles. The molecule has 0 unspecified atom stereocenters. The minimum Gasteiger partial charge on any atom is -0.347 e. The van der Waals surface area contributed by atoms with E-state index in [4.69, 9.17) is 11.6 Å². The summed E-state index contributed by atoms with van der Waals surface area (Å²) in [5, 5.41) is 14.1. The summed E-state index contributed by atoms with van der Waals surface area (Å²) in [7, 11) is 0. The smallest absolute Gasteiger partial charge is 0.274 e. The third-order valence-corrected chi connectivity index (χ3v) is 4.18. The second-order valence-corrected chi connectivity index (χ2v) is 5.96. The fourth-order valence-electron chi connectivity index (χ4n) is 2.63. The van der Waals surface area contributed by atoms with E-state index in [-0.39, 0.29) is 22.7 Å². The Bertz CT molecular complexity index is 727. The summed E-state index contributed by atoms with van der Waals surface area (Å²) in [6.45, 7) is 3.48. The van der Waals surface area contributed by atoms with Crippen molar-refractivity contribution in [3.05, 3.63) is 40.4 Å². The van der Waals surface area contributed by atoms with Crippen molar-refractivity contribution in [3.63, 3.8) is 0 Å². The van der Waals surface area contributed by atoms with E-state index in [1.807, 2.05) is 0 Å². The molecule has 0 spiro atoms. The Morgan fingerprint density at radius 3 is 3.04 bits per heavy atom. The minimum atomic E-state index is -0.504. The molecule has 1 aliphatic heterocycles. The van der Waals surface area contributed by atoms with E-state index in [0.29, 0.717) is 11.4 Å². The van der Waals surface area contributed by atoms with Crippen LogP contribution in [-0.4, -0.2) is 40.0 Å². The second-order valence-electron chi connectivity index (χ2n) is 5.55. The van der Waals surface area contributed by atoms with Crippen LogP contribution in [0.3, 0.4) is 0 Å². The molecule has 6 nitrogen and oxygen atoms in total. The van der Waals surface area contributed by atoms with Crippen LogP contribution < -0.4 is 10.6 Å². The Hall–Kier alpha value is -1.99. The van der Waals surface area contributed by atoms with Crippen molar-refractivity contribution in [3.8, 4) is 5.69 Å². The van der Waals surface area contributed by atoms with Gasteiger partial charge in [0.1, 0.15) is 5.82 Å². The van der Waals surface area contributed by atoms with Crippen molar-refractivity contribution in [1.82, 2.24) is 25.6 Å². The highest BCUT2D eigenvalue weighted by atomic mass is 35.5. The molecule has 23 heavy (non-hydrogen) atoms. The third kappa shape index (κ3) is 3.35. The number of halogens is 2. The van der Waals surface area contributed by atoms with Gasteiger partial charge < -0.3 is 10.6 Å². The van der Waals surface area contributed by atoms with Gasteiger partial charge in [-0.15, -0.1) is 5.10 Å². The maximum atomic E-state index is 13.3. The molecule has 1 aliphatic rings. The van der Waals surface area contributed by atoms with Gasteiger partial charge in [0.15, 0.2) is 5.69 Å². The number of rotatable bonds is 3. The zero-order valence-corrected chi connectivity index (χ0v) is 13.4. The predicted molar refractivity (Wildman–Crippen MR) is 84.4 cm³/mol. The molecule has 2 aromatic rings. The van der Waals surface area contributed by atoms with E-state index in [1.54, 1.807) is 6.92 Å². The zero-order chi connectivity index (χ0) is 16.4. The summed E-state index contributed by atoms with van der Waals surface area (Å²) in [6, 6.07) is 4.34. The molecule has 1 atom stereocenters. The van der Waals surface area contributed by atoms with Crippen molar-refractivity contribution in [2.45, 2.75) is 25.8 Å². The molecule has 0 radical (unpaired) electrons. The average Bonchev–Trinajstić information content (AvgIpc) is 2.93. The minimum absolute atomic E-state index is 0.00307. The Morgan fingerprint density at radius 1 is 1.52 bits per heavy atom. The van der Waals surface area contributed by atoms with Crippen LogP contribution in [0.4, 0.5) is 4.39 Å². The summed E-state index contributed by atoms with van der Waals surface area (Å²) in [5.41, 5.74) is 1.39. The number of amides is 1. The molecule has 0 aliphatic carbocycles. The van der Waals surface area contributed by atoms with E-state index >= 15 is 0 Å². The molecular formula is C15H17ClFN5O. The second kappa shape index (κ2) is 6.64. The lowest BCUT2D eigenvalue weighted by Crippen LogP contribution is -2.45. The summed E-state index contributed by atoms with van der Waals surface area (Å²) in [5.74, 6) is -0.758. The maximum Gasteiger partial charge on any atom is 0.274 e. The van der Waals surface area contributed by atoms with Gasteiger partial charge in [-0.3, -0.25) is 4.79 Å². The van der Waals surface area contributed by atoms with Crippen LogP contribution in [0.2, 0.25) is 5.02 Å².